The average Bonchev–Trinajstić information content (AvgIpc) is 2.95. The second kappa shape index (κ2) is 7.64. The molecule has 1 fully saturated rings. The van der Waals surface area contributed by atoms with E-state index >= 15 is 0 Å². The van der Waals surface area contributed by atoms with E-state index in [2.05, 4.69) is 4.90 Å². The third kappa shape index (κ3) is 4.33. The lowest BCUT2D eigenvalue weighted by molar-refractivity contribution is -0.143. The first-order chi connectivity index (χ1) is 10.1. The third-order valence-corrected chi connectivity index (χ3v) is 3.96. The SMILES string of the molecule is CCN(CCOc1ccc(Cl)cc1)C1COCC1C(=O)O. The van der Waals surface area contributed by atoms with Crippen LogP contribution in [0.3, 0.4) is 0 Å². The van der Waals surface area contributed by atoms with Gasteiger partial charge in [-0.2, -0.15) is 0 Å². The Morgan fingerprint density at radius 2 is 2.14 bits per heavy atom. The molecule has 6 heteroatoms. The summed E-state index contributed by atoms with van der Waals surface area (Å²) in [5, 5.41) is 9.88. The molecule has 0 aliphatic carbocycles. The number of aliphatic carboxylic acids is 1. The molecule has 5 nitrogen and oxygen atoms in total. The van der Waals surface area contributed by atoms with Gasteiger partial charge in [0.25, 0.3) is 0 Å². The van der Waals surface area contributed by atoms with Crippen LogP contribution in [0, 0.1) is 5.92 Å². The topological polar surface area (TPSA) is 59.0 Å². The van der Waals surface area contributed by atoms with Crippen molar-refractivity contribution in [2.75, 3.05) is 32.9 Å². The molecule has 1 saturated heterocycles. The van der Waals surface area contributed by atoms with Crippen LogP contribution in [0.25, 0.3) is 0 Å². The van der Waals surface area contributed by atoms with Gasteiger partial charge in [-0.3, -0.25) is 9.69 Å². The zero-order valence-corrected chi connectivity index (χ0v) is 12.8. The summed E-state index contributed by atoms with van der Waals surface area (Å²) >= 11 is 5.82. The molecule has 0 aromatic heterocycles. The van der Waals surface area contributed by atoms with Gasteiger partial charge in [-0.15, -0.1) is 0 Å². The minimum Gasteiger partial charge on any atom is -0.492 e. The van der Waals surface area contributed by atoms with Crippen LogP contribution in [-0.4, -0.2) is 54.9 Å². The molecule has 1 aromatic rings. The summed E-state index contributed by atoms with van der Waals surface area (Å²) in [6.07, 6.45) is 0. The number of benzene rings is 1. The normalized spacial score (nSPS) is 21.7. The molecule has 2 rings (SSSR count). The second-order valence-electron chi connectivity index (χ2n) is 4.98. The molecule has 1 N–H and O–H groups in total. The first-order valence-electron chi connectivity index (χ1n) is 7.04. The van der Waals surface area contributed by atoms with Crippen molar-refractivity contribution < 1.29 is 19.4 Å². The fraction of sp³-hybridized carbons (Fsp3) is 0.533. The first-order valence-corrected chi connectivity index (χ1v) is 7.42. The average molecular weight is 314 g/mol. The summed E-state index contributed by atoms with van der Waals surface area (Å²) < 4.78 is 11.0. The zero-order chi connectivity index (χ0) is 15.2. The summed E-state index contributed by atoms with van der Waals surface area (Å²) in [6, 6.07) is 7.11. The fourth-order valence-electron chi connectivity index (χ4n) is 2.51. The number of hydrogen-bond acceptors (Lipinski definition) is 4. The van der Waals surface area contributed by atoms with Crippen LogP contribution in [0.1, 0.15) is 6.92 Å². The van der Waals surface area contributed by atoms with E-state index in [0.29, 0.717) is 24.8 Å². The summed E-state index contributed by atoms with van der Waals surface area (Å²) in [5.41, 5.74) is 0. The summed E-state index contributed by atoms with van der Waals surface area (Å²) in [5.74, 6) is -0.497. The van der Waals surface area contributed by atoms with Crippen LogP contribution in [0.15, 0.2) is 24.3 Å². The molecule has 21 heavy (non-hydrogen) atoms. The van der Waals surface area contributed by atoms with E-state index in [9.17, 15) is 9.90 Å². The Kier molecular flexibility index (Phi) is 5.85. The van der Waals surface area contributed by atoms with Gasteiger partial charge in [0.1, 0.15) is 12.4 Å². The van der Waals surface area contributed by atoms with E-state index in [1.54, 1.807) is 12.1 Å². The summed E-state index contributed by atoms with van der Waals surface area (Å²) in [6.45, 7) is 4.69. The van der Waals surface area contributed by atoms with Crippen LogP contribution in [-0.2, 0) is 9.53 Å². The fourth-order valence-corrected chi connectivity index (χ4v) is 2.63. The van der Waals surface area contributed by atoms with Crippen LogP contribution < -0.4 is 4.74 Å². The predicted octanol–water partition coefficient (Wildman–Crippen LogP) is 2.14. The smallest absolute Gasteiger partial charge is 0.310 e. The Morgan fingerprint density at radius 1 is 1.43 bits per heavy atom. The highest BCUT2D eigenvalue weighted by Crippen LogP contribution is 2.20. The van der Waals surface area contributed by atoms with E-state index in [4.69, 9.17) is 21.1 Å². The van der Waals surface area contributed by atoms with Crippen molar-refractivity contribution in [2.24, 2.45) is 5.92 Å². The summed E-state index contributed by atoms with van der Waals surface area (Å²) in [4.78, 5) is 13.3. The number of ether oxygens (including phenoxy) is 2. The number of carbonyl (C=O) groups is 1. The lowest BCUT2D eigenvalue weighted by atomic mass is 10.0. The van der Waals surface area contributed by atoms with Gasteiger partial charge in [-0.25, -0.2) is 0 Å². The maximum atomic E-state index is 11.2. The Labute approximate surface area is 129 Å². The van der Waals surface area contributed by atoms with E-state index in [1.165, 1.54) is 0 Å². The molecule has 0 saturated carbocycles. The van der Waals surface area contributed by atoms with Gasteiger partial charge < -0.3 is 14.6 Å². The molecular formula is C15H20ClNO4. The van der Waals surface area contributed by atoms with Crippen LogP contribution in [0.2, 0.25) is 5.02 Å². The van der Waals surface area contributed by atoms with Crippen molar-refractivity contribution in [2.45, 2.75) is 13.0 Å². The molecule has 116 valence electrons. The molecule has 0 radical (unpaired) electrons. The van der Waals surface area contributed by atoms with Gasteiger partial charge in [0.05, 0.1) is 19.1 Å². The summed E-state index contributed by atoms with van der Waals surface area (Å²) in [7, 11) is 0. The first kappa shape index (κ1) is 16.1. The molecule has 2 unspecified atom stereocenters. The van der Waals surface area contributed by atoms with Crippen molar-refractivity contribution >= 4 is 17.6 Å². The molecule has 1 aliphatic heterocycles. The monoisotopic (exact) mass is 313 g/mol. The minimum atomic E-state index is -0.797. The number of hydrogen-bond donors (Lipinski definition) is 1. The number of likely N-dealkylation sites (N-methyl/N-ethyl adjacent to an activating group) is 1. The molecule has 2 atom stereocenters. The van der Waals surface area contributed by atoms with Gasteiger partial charge in [-0.1, -0.05) is 18.5 Å². The Morgan fingerprint density at radius 3 is 2.76 bits per heavy atom. The minimum absolute atomic E-state index is 0.0821. The number of halogens is 1. The maximum absolute atomic E-state index is 11.2. The number of carboxylic acids is 1. The lowest BCUT2D eigenvalue weighted by Gasteiger charge is -2.28. The molecular weight excluding hydrogens is 294 g/mol. The molecule has 1 aromatic carbocycles. The van der Waals surface area contributed by atoms with Gasteiger partial charge in [0.2, 0.25) is 0 Å². The zero-order valence-electron chi connectivity index (χ0n) is 12.0. The third-order valence-electron chi connectivity index (χ3n) is 3.70. The number of rotatable bonds is 7. The van der Waals surface area contributed by atoms with Gasteiger partial charge in [0, 0.05) is 17.6 Å². The van der Waals surface area contributed by atoms with Crippen molar-refractivity contribution in [3.05, 3.63) is 29.3 Å². The molecule has 1 aliphatic rings. The van der Waals surface area contributed by atoms with Crippen LogP contribution in [0.5, 0.6) is 5.75 Å². The number of nitrogens with zero attached hydrogens (tertiary/aromatic N) is 1. The lowest BCUT2D eigenvalue weighted by Crippen LogP contribution is -2.44. The van der Waals surface area contributed by atoms with Crippen LogP contribution >= 0.6 is 11.6 Å². The largest absolute Gasteiger partial charge is 0.492 e. The predicted molar refractivity (Wildman–Crippen MR) is 79.9 cm³/mol. The van der Waals surface area contributed by atoms with Crippen molar-refractivity contribution in [1.82, 2.24) is 4.90 Å². The van der Waals surface area contributed by atoms with E-state index in [1.807, 2.05) is 19.1 Å². The van der Waals surface area contributed by atoms with Gasteiger partial charge in [0.15, 0.2) is 0 Å². The Hall–Kier alpha value is -1.30. The highest BCUT2D eigenvalue weighted by atomic mass is 35.5. The molecule has 0 spiro atoms. The Bertz CT molecular complexity index is 465. The van der Waals surface area contributed by atoms with E-state index in [-0.39, 0.29) is 12.6 Å². The quantitative estimate of drug-likeness (QED) is 0.836. The highest BCUT2D eigenvalue weighted by Gasteiger charge is 2.37. The molecule has 0 bridgehead atoms. The van der Waals surface area contributed by atoms with Crippen molar-refractivity contribution in [1.29, 1.82) is 0 Å². The standard InChI is InChI=1S/C15H20ClNO4/c1-2-17(14-10-20-9-13(14)15(18)19)7-8-21-12-5-3-11(16)4-6-12/h3-6,13-14H,2,7-10H2,1H3,(H,18,19). The maximum Gasteiger partial charge on any atom is 0.310 e. The Balaban J connectivity index is 1.85. The van der Waals surface area contributed by atoms with Crippen molar-refractivity contribution in [3.63, 3.8) is 0 Å². The highest BCUT2D eigenvalue weighted by molar-refractivity contribution is 6.30. The van der Waals surface area contributed by atoms with Crippen molar-refractivity contribution in [3.8, 4) is 5.75 Å². The second-order valence-corrected chi connectivity index (χ2v) is 5.42. The van der Waals surface area contributed by atoms with Gasteiger partial charge in [-0.05, 0) is 30.8 Å². The molecule has 1 heterocycles. The molecule has 0 amide bonds. The van der Waals surface area contributed by atoms with Crippen LogP contribution in [0.4, 0.5) is 0 Å². The van der Waals surface area contributed by atoms with E-state index < -0.39 is 11.9 Å². The number of carboxylic acid groups (broad SMARTS) is 1. The van der Waals surface area contributed by atoms with E-state index in [0.717, 1.165) is 12.3 Å². The van der Waals surface area contributed by atoms with Gasteiger partial charge >= 0.3 is 5.97 Å².